The standard InChI is InChI=1S/C9H15N3O/c1-2-11-6-4-10-9(11)12-5-3-8(13)7-12/h4,6,8,13H,2-3,5,7H2,1H3/t8-/m1/s1. The van der Waals surface area contributed by atoms with Crippen molar-refractivity contribution in [2.75, 3.05) is 18.0 Å². The molecule has 4 heteroatoms. The van der Waals surface area contributed by atoms with Crippen LogP contribution in [0.2, 0.25) is 0 Å². The summed E-state index contributed by atoms with van der Waals surface area (Å²) >= 11 is 0. The molecule has 1 fully saturated rings. The molecular formula is C9H15N3O. The lowest BCUT2D eigenvalue weighted by atomic mass is 10.3. The zero-order valence-corrected chi connectivity index (χ0v) is 7.85. The van der Waals surface area contributed by atoms with Gasteiger partial charge in [0.2, 0.25) is 5.95 Å². The number of imidazole rings is 1. The maximum absolute atomic E-state index is 9.38. The lowest BCUT2D eigenvalue weighted by Crippen LogP contribution is -2.24. The van der Waals surface area contributed by atoms with Crippen molar-refractivity contribution >= 4 is 5.95 Å². The highest BCUT2D eigenvalue weighted by Crippen LogP contribution is 2.17. The molecule has 0 saturated carbocycles. The Bertz CT molecular complexity index is 284. The van der Waals surface area contributed by atoms with E-state index in [0.29, 0.717) is 0 Å². The molecule has 1 atom stereocenters. The summed E-state index contributed by atoms with van der Waals surface area (Å²) in [7, 11) is 0. The Morgan fingerprint density at radius 1 is 1.69 bits per heavy atom. The summed E-state index contributed by atoms with van der Waals surface area (Å²) in [4.78, 5) is 6.41. The molecule has 0 radical (unpaired) electrons. The third kappa shape index (κ3) is 1.54. The van der Waals surface area contributed by atoms with E-state index in [1.807, 2.05) is 12.4 Å². The van der Waals surface area contributed by atoms with Crippen molar-refractivity contribution in [3.63, 3.8) is 0 Å². The molecule has 1 aromatic heterocycles. The van der Waals surface area contributed by atoms with Gasteiger partial charge in [0.1, 0.15) is 0 Å². The Morgan fingerprint density at radius 2 is 2.54 bits per heavy atom. The second-order valence-corrected chi connectivity index (χ2v) is 3.40. The van der Waals surface area contributed by atoms with Crippen molar-refractivity contribution in [3.05, 3.63) is 12.4 Å². The van der Waals surface area contributed by atoms with Gasteiger partial charge >= 0.3 is 0 Å². The number of aliphatic hydroxyl groups excluding tert-OH is 1. The van der Waals surface area contributed by atoms with Crippen molar-refractivity contribution < 1.29 is 5.11 Å². The minimum Gasteiger partial charge on any atom is -0.391 e. The van der Waals surface area contributed by atoms with Gasteiger partial charge in [-0.25, -0.2) is 4.98 Å². The smallest absolute Gasteiger partial charge is 0.205 e. The molecule has 0 unspecified atom stereocenters. The molecule has 13 heavy (non-hydrogen) atoms. The van der Waals surface area contributed by atoms with E-state index in [-0.39, 0.29) is 6.10 Å². The second kappa shape index (κ2) is 3.38. The highest BCUT2D eigenvalue weighted by molar-refractivity contribution is 5.33. The number of anilines is 1. The first kappa shape index (κ1) is 8.56. The number of hydrogen-bond acceptors (Lipinski definition) is 3. The Hall–Kier alpha value is -1.03. The van der Waals surface area contributed by atoms with Crippen LogP contribution in [0, 0.1) is 0 Å². The van der Waals surface area contributed by atoms with Crippen molar-refractivity contribution in [3.8, 4) is 0 Å². The van der Waals surface area contributed by atoms with Crippen LogP contribution in [0.4, 0.5) is 5.95 Å². The van der Waals surface area contributed by atoms with Crippen LogP contribution in [0.15, 0.2) is 12.4 Å². The maximum Gasteiger partial charge on any atom is 0.205 e. The van der Waals surface area contributed by atoms with Gasteiger partial charge in [0.25, 0.3) is 0 Å². The van der Waals surface area contributed by atoms with Crippen LogP contribution in [0.5, 0.6) is 0 Å². The van der Waals surface area contributed by atoms with Gasteiger partial charge in [-0.3, -0.25) is 0 Å². The second-order valence-electron chi connectivity index (χ2n) is 3.40. The molecule has 4 nitrogen and oxygen atoms in total. The van der Waals surface area contributed by atoms with Gasteiger partial charge < -0.3 is 14.6 Å². The first-order valence-corrected chi connectivity index (χ1v) is 4.75. The van der Waals surface area contributed by atoms with E-state index < -0.39 is 0 Å². The number of β-amino-alcohol motifs (C(OH)–C–C–N with tert-alkyl or cyclic N) is 1. The van der Waals surface area contributed by atoms with Crippen molar-refractivity contribution in [2.45, 2.75) is 26.0 Å². The number of nitrogens with zero attached hydrogens (tertiary/aromatic N) is 3. The monoisotopic (exact) mass is 181 g/mol. The van der Waals surface area contributed by atoms with E-state index in [2.05, 4.69) is 21.4 Å². The van der Waals surface area contributed by atoms with Crippen molar-refractivity contribution in [1.29, 1.82) is 0 Å². The summed E-state index contributed by atoms with van der Waals surface area (Å²) in [6.45, 7) is 4.66. The van der Waals surface area contributed by atoms with Crippen molar-refractivity contribution in [2.24, 2.45) is 0 Å². The number of hydrogen-bond donors (Lipinski definition) is 1. The van der Waals surface area contributed by atoms with E-state index in [4.69, 9.17) is 0 Å². The van der Waals surface area contributed by atoms with E-state index in [1.165, 1.54) is 0 Å². The van der Waals surface area contributed by atoms with Crippen LogP contribution in [0.25, 0.3) is 0 Å². The molecule has 0 amide bonds. The summed E-state index contributed by atoms with van der Waals surface area (Å²) in [6, 6.07) is 0. The minimum absolute atomic E-state index is 0.179. The van der Waals surface area contributed by atoms with E-state index >= 15 is 0 Å². The predicted molar refractivity (Wildman–Crippen MR) is 50.7 cm³/mol. The maximum atomic E-state index is 9.38. The fraction of sp³-hybridized carbons (Fsp3) is 0.667. The molecule has 0 spiro atoms. The first-order valence-electron chi connectivity index (χ1n) is 4.75. The quantitative estimate of drug-likeness (QED) is 0.721. The number of aromatic nitrogens is 2. The Kier molecular flexibility index (Phi) is 2.22. The number of aliphatic hydroxyl groups is 1. The predicted octanol–water partition coefficient (Wildman–Crippen LogP) is 0.474. The van der Waals surface area contributed by atoms with Gasteiger partial charge in [-0.05, 0) is 13.3 Å². The third-order valence-corrected chi connectivity index (χ3v) is 2.48. The van der Waals surface area contributed by atoms with Crippen LogP contribution >= 0.6 is 0 Å². The average molecular weight is 181 g/mol. The number of rotatable bonds is 2. The third-order valence-electron chi connectivity index (χ3n) is 2.48. The molecule has 1 saturated heterocycles. The highest BCUT2D eigenvalue weighted by Gasteiger charge is 2.22. The molecule has 1 aliphatic rings. The topological polar surface area (TPSA) is 41.3 Å². The van der Waals surface area contributed by atoms with Crippen LogP contribution in [-0.4, -0.2) is 33.9 Å². The zero-order valence-electron chi connectivity index (χ0n) is 7.85. The van der Waals surface area contributed by atoms with E-state index in [0.717, 1.165) is 32.0 Å². The van der Waals surface area contributed by atoms with Crippen molar-refractivity contribution in [1.82, 2.24) is 9.55 Å². The molecule has 0 bridgehead atoms. The van der Waals surface area contributed by atoms with Crippen LogP contribution in [-0.2, 0) is 6.54 Å². The van der Waals surface area contributed by atoms with Gasteiger partial charge in [-0.15, -0.1) is 0 Å². The van der Waals surface area contributed by atoms with Gasteiger partial charge in [0, 0.05) is 32.0 Å². The van der Waals surface area contributed by atoms with Gasteiger partial charge in [-0.1, -0.05) is 0 Å². The summed E-state index contributed by atoms with van der Waals surface area (Å²) < 4.78 is 2.10. The first-order chi connectivity index (χ1) is 6.31. The minimum atomic E-state index is -0.179. The Morgan fingerprint density at radius 3 is 3.15 bits per heavy atom. The van der Waals surface area contributed by atoms with E-state index in [1.54, 1.807) is 0 Å². The summed E-state index contributed by atoms with van der Waals surface area (Å²) in [5, 5.41) is 9.38. The lowest BCUT2D eigenvalue weighted by Gasteiger charge is -2.17. The van der Waals surface area contributed by atoms with Crippen LogP contribution in [0.1, 0.15) is 13.3 Å². The molecule has 0 aromatic carbocycles. The van der Waals surface area contributed by atoms with Crippen LogP contribution in [0.3, 0.4) is 0 Å². The number of aryl methyl sites for hydroxylation is 1. The van der Waals surface area contributed by atoms with E-state index in [9.17, 15) is 5.11 Å². The fourth-order valence-corrected chi connectivity index (χ4v) is 1.75. The fourth-order valence-electron chi connectivity index (χ4n) is 1.75. The average Bonchev–Trinajstić information content (AvgIpc) is 2.71. The molecular weight excluding hydrogens is 166 g/mol. The summed E-state index contributed by atoms with van der Waals surface area (Å²) in [5.74, 6) is 0.985. The molecule has 72 valence electrons. The molecule has 0 aliphatic carbocycles. The van der Waals surface area contributed by atoms with Gasteiger partial charge in [-0.2, -0.15) is 0 Å². The Labute approximate surface area is 77.8 Å². The van der Waals surface area contributed by atoms with Gasteiger partial charge in [0.05, 0.1) is 6.10 Å². The highest BCUT2D eigenvalue weighted by atomic mass is 16.3. The molecule has 1 N–H and O–H groups in total. The largest absolute Gasteiger partial charge is 0.391 e. The van der Waals surface area contributed by atoms with Crippen LogP contribution < -0.4 is 4.90 Å². The molecule has 1 aromatic rings. The molecule has 1 aliphatic heterocycles. The zero-order chi connectivity index (χ0) is 9.26. The molecule has 2 rings (SSSR count). The summed E-state index contributed by atoms with van der Waals surface area (Å²) in [6.07, 6.45) is 4.46. The summed E-state index contributed by atoms with van der Waals surface area (Å²) in [5.41, 5.74) is 0. The van der Waals surface area contributed by atoms with Gasteiger partial charge in [0.15, 0.2) is 0 Å². The Balaban J connectivity index is 2.16. The lowest BCUT2D eigenvalue weighted by molar-refractivity contribution is 0.198. The normalized spacial score (nSPS) is 22.6. The SMILES string of the molecule is CCn1ccnc1N1CC[C@@H](O)C1. The molecule has 2 heterocycles.